The lowest BCUT2D eigenvalue weighted by atomic mass is 10.1. The van der Waals surface area contributed by atoms with E-state index in [0.29, 0.717) is 23.7 Å². The Bertz CT molecular complexity index is 601. The van der Waals surface area contributed by atoms with E-state index in [0.717, 1.165) is 24.9 Å². The zero-order chi connectivity index (χ0) is 15.6. The fourth-order valence-electron chi connectivity index (χ4n) is 2.78. The molecule has 0 amide bonds. The van der Waals surface area contributed by atoms with Gasteiger partial charge in [-0.1, -0.05) is 19.9 Å². The number of nitrogens with two attached hydrogens (primary N) is 1. The van der Waals surface area contributed by atoms with Crippen LogP contribution in [0.5, 0.6) is 0 Å². The minimum Gasteiger partial charge on any atom is -0.398 e. The topological polar surface area (TPSA) is 66.6 Å². The minimum absolute atomic E-state index is 0.279. The molecule has 0 radical (unpaired) electrons. The maximum absolute atomic E-state index is 12.8. The number of anilines is 1. The summed E-state index contributed by atoms with van der Waals surface area (Å²) in [7, 11) is -1.40. The Kier molecular flexibility index (Phi) is 4.91. The van der Waals surface area contributed by atoms with Crippen molar-refractivity contribution in [2.45, 2.75) is 37.6 Å². The van der Waals surface area contributed by atoms with Crippen LogP contribution in [0.3, 0.4) is 0 Å². The average Bonchev–Trinajstić information content (AvgIpc) is 2.47. The number of hydrogen-bond acceptors (Lipinski definition) is 4. The summed E-state index contributed by atoms with van der Waals surface area (Å²) in [5, 5.41) is 0. The van der Waals surface area contributed by atoms with Gasteiger partial charge in [-0.3, -0.25) is 0 Å². The highest BCUT2D eigenvalue weighted by Gasteiger charge is 2.32. The van der Waals surface area contributed by atoms with Crippen molar-refractivity contribution in [2.75, 3.05) is 32.4 Å². The Morgan fingerprint density at radius 2 is 2.00 bits per heavy atom. The van der Waals surface area contributed by atoms with Crippen LogP contribution < -0.4 is 5.73 Å². The van der Waals surface area contributed by atoms with Crippen molar-refractivity contribution in [3.8, 4) is 0 Å². The van der Waals surface area contributed by atoms with Crippen LogP contribution in [0.2, 0.25) is 0 Å². The zero-order valence-corrected chi connectivity index (χ0v) is 13.9. The second-order valence-electron chi connectivity index (χ2n) is 5.62. The van der Waals surface area contributed by atoms with Crippen LogP contribution in [-0.4, -0.2) is 50.3 Å². The Morgan fingerprint density at radius 3 is 2.57 bits per heavy atom. The molecule has 1 heterocycles. The van der Waals surface area contributed by atoms with E-state index in [1.54, 1.807) is 16.4 Å². The van der Waals surface area contributed by atoms with E-state index in [1.807, 2.05) is 20.0 Å². The normalized spacial score (nSPS) is 21.6. The predicted octanol–water partition coefficient (Wildman–Crippen LogP) is 1.55. The van der Waals surface area contributed by atoms with E-state index in [1.165, 1.54) is 0 Å². The van der Waals surface area contributed by atoms with Crippen LogP contribution in [0.15, 0.2) is 23.1 Å². The molecule has 1 unspecified atom stereocenters. The number of sulfonamides is 1. The lowest BCUT2D eigenvalue weighted by Crippen LogP contribution is -2.52. The SMILES string of the molecule is CCc1ccc(S(=O)(=O)N2CCN(C)C(CC)C2)cc1N. The first-order chi connectivity index (χ1) is 9.90. The van der Waals surface area contributed by atoms with Crippen LogP contribution in [0, 0.1) is 0 Å². The van der Waals surface area contributed by atoms with Gasteiger partial charge < -0.3 is 10.6 Å². The largest absolute Gasteiger partial charge is 0.398 e. The average molecular weight is 311 g/mol. The number of piperazine rings is 1. The lowest BCUT2D eigenvalue weighted by molar-refractivity contribution is 0.144. The molecule has 2 rings (SSSR count). The molecule has 6 heteroatoms. The molecular formula is C15H25N3O2S. The number of benzene rings is 1. The maximum atomic E-state index is 12.8. The van der Waals surface area contributed by atoms with Gasteiger partial charge in [0.1, 0.15) is 0 Å². The lowest BCUT2D eigenvalue weighted by Gasteiger charge is -2.38. The second-order valence-corrected chi connectivity index (χ2v) is 7.56. The Labute approximate surface area is 127 Å². The minimum atomic E-state index is -3.45. The zero-order valence-electron chi connectivity index (χ0n) is 13.0. The monoisotopic (exact) mass is 311 g/mol. The summed E-state index contributed by atoms with van der Waals surface area (Å²) in [4.78, 5) is 2.53. The van der Waals surface area contributed by atoms with Gasteiger partial charge in [0.2, 0.25) is 10.0 Å². The molecule has 0 bridgehead atoms. The summed E-state index contributed by atoms with van der Waals surface area (Å²) >= 11 is 0. The number of aryl methyl sites for hydroxylation is 1. The van der Waals surface area contributed by atoms with E-state index in [-0.39, 0.29) is 6.04 Å². The molecule has 1 atom stereocenters. The quantitative estimate of drug-likeness (QED) is 0.857. The van der Waals surface area contributed by atoms with Gasteiger partial charge in [0.25, 0.3) is 0 Å². The summed E-state index contributed by atoms with van der Waals surface area (Å²) in [6.45, 7) is 5.94. The van der Waals surface area contributed by atoms with Gasteiger partial charge in [-0.2, -0.15) is 4.31 Å². The van der Waals surface area contributed by atoms with Crippen molar-refractivity contribution in [2.24, 2.45) is 0 Å². The smallest absolute Gasteiger partial charge is 0.243 e. The molecule has 1 fully saturated rings. The number of rotatable bonds is 4. The Morgan fingerprint density at radius 1 is 1.29 bits per heavy atom. The molecule has 0 saturated carbocycles. The van der Waals surface area contributed by atoms with Crippen molar-refractivity contribution in [3.05, 3.63) is 23.8 Å². The summed E-state index contributed by atoms with van der Waals surface area (Å²) in [5.41, 5.74) is 7.48. The van der Waals surface area contributed by atoms with Crippen molar-refractivity contribution >= 4 is 15.7 Å². The van der Waals surface area contributed by atoms with E-state index < -0.39 is 10.0 Å². The van der Waals surface area contributed by atoms with Gasteiger partial charge in [0.05, 0.1) is 4.90 Å². The van der Waals surface area contributed by atoms with Crippen LogP contribution in [0.1, 0.15) is 25.8 Å². The van der Waals surface area contributed by atoms with E-state index in [9.17, 15) is 8.42 Å². The van der Waals surface area contributed by atoms with Crippen LogP contribution >= 0.6 is 0 Å². The van der Waals surface area contributed by atoms with Crippen molar-refractivity contribution in [1.29, 1.82) is 0 Å². The highest BCUT2D eigenvalue weighted by molar-refractivity contribution is 7.89. The Balaban J connectivity index is 2.27. The van der Waals surface area contributed by atoms with Crippen molar-refractivity contribution in [3.63, 3.8) is 0 Å². The van der Waals surface area contributed by atoms with Gasteiger partial charge in [-0.25, -0.2) is 8.42 Å². The third kappa shape index (κ3) is 3.22. The first-order valence-electron chi connectivity index (χ1n) is 7.49. The summed E-state index contributed by atoms with van der Waals surface area (Å²) < 4.78 is 27.1. The van der Waals surface area contributed by atoms with Gasteiger partial charge in [-0.15, -0.1) is 0 Å². The summed E-state index contributed by atoms with van der Waals surface area (Å²) in [6, 6.07) is 5.35. The van der Waals surface area contributed by atoms with Gasteiger partial charge in [-0.05, 0) is 37.6 Å². The molecule has 21 heavy (non-hydrogen) atoms. The van der Waals surface area contributed by atoms with Crippen LogP contribution in [-0.2, 0) is 16.4 Å². The maximum Gasteiger partial charge on any atom is 0.243 e. The van der Waals surface area contributed by atoms with Gasteiger partial charge >= 0.3 is 0 Å². The first kappa shape index (κ1) is 16.3. The molecule has 0 aliphatic carbocycles. The molecule has 2 N–H and O–H groups in total. The van der Waals surface area contributed by atoms with Crippen molar-refractivity contribution < 1.29 is 8.42 Å². The third-order valence-electron chi connectivity index (χ3n) is 4.35. The van der Waals surface area contributed by atoms with E-state index >= 15 is 0 Å². The van der Waals surface area contributed by atoms with Gasteiger partial charge in [0.15, 0.2) is 0 Å². The highest BCUT2D eigenvalue weighted by Crippen LogP contribution is 2.24. The predicted molar refractivity (Wildman–Crippen MR) is 85.7 cm³/mol. The number of nitrogen functional groups attached to an aromatic ring is 1. The molecule has 118 valence electrons. The Hall–Kier alpha value is -1.11. The van der Waals surface area contributed by atoms with Crippen LogP contribution in [0.4, 0.5) is 5.69 Å². The molecule has 0 aromatic heterocycles. The molecular weight excluding hydrogens is 286 g/mol. The fourth-order valence-corrected chi connectivity index (χ4v) is 4.29. The molecule has 1 aromatic rings. The molecule has 5 nitrogen and oxygen atoms in total. The molecule has 1 aromatic carbocycles. The summed E-state index contributed by atoms with van der Waals surface area (Å²) in [6.07, 6.45) is 1.75. The highest BCUT2D eigenvalue weighted by atomic mass is 32.2. The summed E-state index contributed by atoms with van der Waals surface area (Å²) in [5.74, 6) is 0. The second kappa shape index (κ2) is 6.34. The number of likely N-dealkylation sites (N-methyl/N-ethyl adjacent to an activating group) is 1. The van der Waals surface area contributed by atoms with E-state index in [4.69, 9.17) is 5.73 Å². The number of hydrogen-bond donors (Lipinski definition) is 1. The molecule has 1 aliphatic heterocycles. The van der Waals surface area contributed by atoms with Crippen LogP contribution in [0.25, 0.3) is 0 Å². The standard InChI is InChI=1S/C15H25N3O2S/c1-4-12-6-7-14(10-15(12)16)21(19,20)18-9-8-17(3)13(5-2)11-18/h6-7,10,13H,4-5,8-9,11,16H2,1-3H3. The first-order valence-corrected chi connectivity index (χ1v) is 8.93. The molecule has 1 aliphatic rings. The number of nitrogens with zero attached hydrogens (tertiary/aromatic N) is 2. The molecule has 0 spiro atoms. The fraction of sp³-hybridized carbons (Fsp3) is 0.600. The van der Waals surface area contributed by atoms with Gasteiger partial charge in [0, 0.05) is 31.4 Å². The third-order valence-corrected chi connectivity index (χ3v) is 6.21. The van der Waals surface area contributed by atoms with Crippen molar-refractivity contribution in [1.82, 2.24) is 9.21 Å². The van der Waals surface area contributed by atoms with E-state index in [2.05, 4.69) is 11.8 Å². The molecule has 1 saturated heterocycles.